The molecule has 0 heterocycles. The van der Waals surface area contributed by atoms with Gasteiger partial charge in [0.05, 0.1) is 0 Å². The van der Waals surface area contributed by atoms with E-state index >= 15 is 0 Å². The van der Waals surface area contributed by atoms with Crippen LogP contribution in [0.1, 0.15) is 118 Å². The molecule has 0 saturated carbocycles. The third kappa shape index (κ3) is 21.5. The zero-order valence-corrected chi connectivity index (χ0v) is 23.2. The summed E-state index contributed by atoms with van der Waals surface area (Å²) in [6.07, 6.45) is 17.1. The van der Waals surface area contributed by atoms with Crippen LogP contribution in [0, 0.1) is 0 Å². The van der Waals surface area contributed by atoms with Crippen molar-refractivity contribution >= 4 is 18.6 Å². The monoisotopic (exact) mass is 462 g/mol. The van der Waals surface area contributed by atoms with Crippen LogP contribution in [0.15, 0.2) is 0 Å². The SMILES string of the molecule is CCCCCO[SiH](CCCC[SiH](OCCCCC)OCCCCC)OCCCCC. The van der Waals surface area contributed by atoms with Crippen LogP contribution in [0.3, 0.4) is 0 Å². The van der Waals surface area contributed by atoms with Gasteiger partial charge in [-0.25, -0.2) is 0 Å². The Bertz CT molecular complexity index is 268. The van der Waals surface area contributed by atoms with Gasteiger partial charge in [0.25, 0.3) is 0 Å². The zero-order valence-electron chi connectivity index (χ0n) is 20.9. The highest BCUT2D eigenvalue weighted by atomic mass is 28.3. The molecule has 6 heteroatoms. The molecule has 0 radical (unpaired) electrons. The maximum absolute atomic E-state index is 6.18. The predicted octanol–water partition coefficient (Wildman–Crippen LogP) is 7.03. The van der Waals surface area contributed by atoms with E-state index in [-0.39, 0.29) is 0 Å². The third-order valence-corrected chi connectivity index (χ3v) is 9.53. The Balaban J connectivity index is 4.17. The van der Waals surface area contributed by atoms with Gasteiger partial charge in [-0.05, 0) is 37.8 Å². The Hall–Kier alpha value is 0.274. The summed E-state index contributed by atoms with van der Waals surface area (Å²) in [5, 5.41) is 0. The Morgan fingerprint density at radius 1 is 0.367 bits per heavy atom. The van der Waals surface area contributed by atoms with Gasteiger partial charge in [-0.15, -0.1) is 0 Å². The largest absolute Gasteiger partial charge is 0.397 e. The van der Waals surface area contributed by atoms with E-state index in [0.29, 0.717) is 0 Å². The molecule has 0 fully saturated rings. The van der Waals surface area contributed by atoms with Crippen LogP contribution in [0.2, 0.25) is 12.1 Å². The molecule has 0 aromatic heterocycles. The fourth-order valence-corrected chi connectivity index (χ4v) is 7.14. The van der Waals surface area contributed by atoms with Crippen molar-refractivity contribution in [3.8, 4) is 0 Å². The molecule has 0 spiro atoms. The van der Waals surface area contributed by atoms with Gasteiger partial charge in [0.2, 0.25) is 0 Å². The Morgan fingerprint density at radius 2 is 0.633 bits per heavy atom. The van der Waals surface area contributed by atoms with Crippen LogP contribution in [-0.2, 0) is 17.7 Å². The predicted molar refractivity (Wildman–Crippen MR) is 135 cm³/mol. The molecule has 0 aliphatic carbocycles. The van der Waals surface area contributed by atoms with Gasteiger partial charge in [0, 0.05) is 26.4 Å². The van der Waals surface area contributed by atoms with Crippen molar-refractivity contribution in [2.45, 2.75) is 130 Å². The molecule has 0 rings (SSSR count). The highest BCUT2D eigenvalue weighted by Crippen LogP contribution is 2.13. The van der Waals surface area contributed by atoms with Gasteiger partial charge >= 0.3 is 18.6 Å². The number of unbranched alkanes of at least 4 members (excludes halogenated alkanes) is 9. The standard InChI is InChI=1S/C24H54O4Si2/c1-5-9-13-19-25-29(26-20-14-10-6-2)23-17-18-24-30(27-21-15-11-7-3)28-22-16-12-8-4/h29-30H,5-24H2,1-4H3. The Kier molecular flexibility index (Phi) is 25.8. The lowest BCUT2D eigenvalue weighted by atomic mass is 10.3. The summed E-state index contributed by atoms with van der Waals surface area (Å²) < 4.78 is 24.7. The Labute approximate surface area is 192 Å². The van der Waals surface area contributed by atoms with Gasteiger partial charge < -0.3 is 17.7 Å². The number of rotatable bonds is 25. The van der Waals surface area contributed by atoms with Crippen molar-refractivity contribution in [1.82, 2.24) is 0 Å². The van der Waals surface area contributed by atoms with Gasteiger partial charge in [-0.2, -0.15) is 0 Å². The van der Waals surface area contributed by atoms with E-state index in [4.69, 9.17) is 17.7 Å². The van der Waals surface area contributed by atoms with E-state index in [1.54, 1.807) is 0 Å². The maximum Gasteiger partial charge on any atom is 0.321 e. The molecule has 0 aliphatic rings. The van der Waals surface area contributed by atoms with Crippen molar-refractivity contribution in [2.24, 2.45) is 0 Å². The van der Waals surface area contributed by atoms with E-state index in [2.05, 4.69) is 27.7 Å². The molecule has 0 bridgehead atoms. The molecule has 0 aliphatic heterocycles. The Morgan fingerprint density at radius 3 is 0.867 bits per heavy atom. The molecule has 0 N–H and O–H groups in total. The summed E-state index contributed by atoms with van der Waals surface area (Å²) in [4.78, 5) is 0. The van der Waals surface area contributed by atoms with Crippen molar-refractivity contribution in [2.75, 3.05) is 26.4 Å². The summed E-state index contributed by atoms with van der Waals surface area (Å²) >= 11 is 0. The molecule has 30 heavy (non-hydrogen) atoms. The molecular formula is C24H54O4Si2. The fourth-order valence-electron chi connectivity index (χ4n) is 3.32. The second-order valence-corrected chi connectivity index (χ2v) is 12.7. The number of hydrogen-bond donors (Lipinski definition) is 0. The van der Waals surface area contributed by atoms with Crippen LogP contribution in [0.4, 0.5) is 0 Å². The fraction of sp³-hybridized carbons (Fsp3) is 1.00. The minimum absolute atomic E-state index is 0.886. The van der Waals surface area contributed by atoms with Crippen molar-refractivity contribution in [3.63, 3.8) is 0 Å². The van der Waals surface area contributed by atoms with E-state index < -0.39 is 18.6 Å². The average Bonchev–Trinajstić information content (AvgIpc) is 2.76. The minimum Gasteiger partial charge on any atom is -0.397 e. The first kappa shape index (κ1) is 30.3. The average molecular weight is 463 g/mol. The summed E-state index contributed by atoms with van der Waals surface area (Å²) in [5.41, 5.74) is 0. The maximum atomic E-state index is 6.18. The van der Waals surface area contributed by atoms with Crippen LogP contribution in [-0.4, -0.2) is 45.0 Å². The number of hydrogen-bond acceptors (Lipinski definition) is 4. The van der Waals surface area contributed by atoms with E-state index in [1.165, 1.54) is 89.9 Å². The molecule has 4 nitrogen and oxygen atoms in total. The second-order valence-electron chi connectivity index (χ2n) is 8.46. The lowest BCUT2D eigenvalue weighted by Crippen LogP contribution is -2.26. The molecule has 0 aromatic rings. The lowest BCUT2D eigenvalue weighted by Gasteiger charge is -2.19. The van der Waals surface area contributed by atoms with Gasteiger partial charge in [0.1, 0.15) is 0 Å². The summed E-state index contributed by atoms with van der Waals surface area (Å²) in [6, 6.07) is 2.26. The highest BCUT2D eigenvalue weighted by Gasteiger charge is 2.16. The van der Waals surface area contributed by atoms with Crippen LogP contribution in [0.25, 0.3) is 0 Å². The molecule has 0 amide bonds. The molecule has 0 saturated heterocycles. The molecule has 182 valence electrons. The molecule has 0 unspecified atom stereocenters. The molecule has 0 aromatic carbocycles. The lowest BCUT2D eigenvalue weighted by molar-refractivity contribution is 0.185. The normalized spacial score (nSPS) is 11.8. The minimum atomic E-state index is -1.51. The van der Waals surface area contributed by atoms with E-state index in [9.17, 15) is 0 Å². The summed E-state index contributed by atoms with van der Waals surface area (Å²) in [5.74, 6) is 0. The third-order valence-electron chi connectivity index (χ3n) is 5.34. The smallest absolute Gasteiger partial charge is 0.321 e. The summed E-state index contributed by atoms with van der Waals surface area (Å²) in [7, 11) is -3.02. The highest BCUT2D eigenvalue weighted by molar-refractivity contribution is 6.45. The van der Waals surface area contributed by atoms with Crippen LogP contribution < -0.4 is 0 Å². The second kappa shape index (κ2) is 25.5. The first-order valence-corrected chi connectivity index (χ1v) is 16.8. The van der Waals surface area contributed by atoms with Crippen molar-refractivity contribution in [1.29, 1.82) is 0 Å². The van der Waals surface area contributed by atoms with E-state index in [1.807, 2.05) is 0 Å². The van der Waals surface area contributed by atoms with Gasteiger partial charge in [-0.3, -0.25) is 0 Å². The quantitative estimate of drug-likeness (QED) is 0.108. The molecular weight excluding hydrogens is 408 g/mol. The zero-order chi connectivity index (χ0) is 22.1. The van der Waals surface area contributed by atoms with Crippen LogP contribution in [0.5, 0.6) is 0 Å². The first-order valence-electron chi connectivity index (χ1n) is 13.2. The topological polar surface area (TPSA) is 36.9 Å². The van der Waals surface area contributed by atoms with Crippen LogP contribution >= 0.6 is 0 Å². The first-order chi connectivity index (χ1) is 14.8. The van der Waals surface area contributed by atoms with Gasteiger partial charge in [-0.1, -0.05) is 91.9 Å². The molecule has 0 atom stereocenters. The van der Waals surface area contributed by atoms with Gasteiger partial charge in [0.15, 0.2) is 0 Å². The van der Waals surface area contributed by atoms with Crippen molar-refractivity contribution in [3.05, 3.63) is 0 Å². The summed E-state index contributed by atoms with van der Waals surface area (Å²) in [6.45, 7) is 12.5. The van der Waals surface area contributed by atoms with Crippen molar-refractivity contribution < 1.29 is 17.7 Å². The van der Waals surface area contributed by atoms with E-state index in [0.717, 1.165) is 38.5 Å².